The predicted molar refractivity (Wildman–Crippen MR) is 337 cm³/mol. The van der Waals surface area contributed by atoms with Gasteiger partial charge in [-0.25, -0.2) is 0 Å². The maximum absolute atomic E-state index is 13.4. The summed E-state index contributed by atoms with van der Waals surface area (Å²) in [6, 6.07) is -0.894. The molecule has 87 heavy (non-hydrogen) atoms. The van der Waals surface area contributed by atoms with Gasteiger partial charge < -0.3 is 89.9 Å². The van der Waals surface area contributed by atoms with Gasteiger partial charge in [0.05, 0.1) is 38.6 Å². The van der Waals surface area contributed by atoms with Crippen molar-refractivity contribution >= 4 is 5.91 Å². The maximum Gasteiger partial charge on any atom is 0.220 e. The van der Waals surface area contributed by atoms with Gasteiger partial charge in [0.15, 0.2) is 18.9 Å². The molecule has 506 valence electrons. The Hall–Kier alpha value is -2.51. The molecule has 19 nitrogen and oxygen atoms in total. The Morgan fingerprint density at radius 2 is 0.793 bits per heavy atom. The van der Waals surface area contributed by atoms with Crippen molar-refractivity contribution in [2.75, 3.05) is 26.4 Å². The van der Waals surface area contributed by atoms with Crippen LogP contribution in [0.25, 0.3) is 0 Å². The largest absolute Gasteiger partial charge is 0.394 e. The van der Waals surface area contributed by atoms with Gasteiger partial charge in [0.2, 0.25) is 5.91 Å². The Morgan fingerprint density at radius 3 is 1.24 bits per heavy atom. The van der Waals surface area contributed by atoms with Gasteiger partial charge in [-0.1, -0.05) is 229 Å². The van der Waals surface area contributed by atoms with Crippen LogP contribution in [0.1, 0.15) is 232 Å². The first kappa shape index (κ1) is 78.7. The minimum absolute atomic E-state index is 0.250. The smallest absolute Gasteiger partial charge is 0.220 e. The van der Waals surface area contributed by atoms with Crippen molar-refractivity contribution in [2.45, 2.75) is 336 Å². The standard InChI is InChI=1S/C68H121NO18/c1-3-5-7-9-11-13-15-17-19-21-22-23-24-25-26-27-28-30-32-34-36-38-40-42-44-46-56(74)69-51(52(73)45-43-41-39-37-35-33-31-29-20-18-16-14-12-10-8-6-4-2)50-82-66-62(80)59(77)64(54(48-71)84-66)87-68-63(81)60(78)65(55(49-72)85-68)86-67-61(79)58(76)57(75)53(47-70)83-67/h5,7,11,13,17,19,22-23,25-26,51-55,57-68,70-73,75-81H,3-4,6,8-10,12,14-16,18,20-21,24,27-50H2,1-2H3,(H,69,74)/b7-5-,13-11-,19-17-,23-22-,26-25-. The summed E-state index contributed by atoms with van der Waals surface area (Å²) >= 11 is 0. The SMILES string of the molecule is CC/C=C\C/C=C\C/C=C\C/C=C\C/C=C\CCCCCCCCCCCC(=O)NC(COC1OC(CO)C(OC2OC(CO)C(OC3OC(CO)C(O)C(O)C3O)C(O)C2O)C(O)C1O)C(O)CCCCCCCCCCCCCCCCCCC. The third-order valence-electron chi connectivity index (χ3n) is 16.9. The molecule has 3 heterocycles. The summed E-state index contributed by atoms with van der Waals surface area (Å²) in [5.41, 5.74) is 0. The number of carbonyl (C=O) groups is 1. The van der Waals surface area contributed by atoms with Crippen molar-refractivity contribution in [1.82, 2.24) is 5.32 Å². The van der Waals surface area contributed by atoms with E-state index in [2.05, 4.69) is 79.9 Å². The normalized spacial score (nSPS) is 29.0. The molecule has 12 N–H and O–H groups in total. The summed E-state index contributed by atoms with van der Waals surface area (Å²) in [5, 5.41) is 121. The van der Waals surface area contributed by atoms with Crippen LogP contribution in [0, 0.1) is 0 Å². The van der Waals surface area contributed by atoms with Gasteiger partial charge in [-0.2, -0.15) is 0 Å². The first-order valence-corrected chi connectivity index (χ1v) is 34.0. The van der Waals surface area contributed by atoms with Gasteiger partial charge in [0.1, 0.15) is 73.2 Å². The van der Waals surface area contributed by atoms with Crippen molar-refractivity contribution in [1.29, 1.82) is 0 Å². The van der Waals surface area contributed by atoms with Crippen molar-refractivity contribution in [2.24, 2.45) is 0 Å². The Labute approximate surface area is 522 Å². The summed E-state index contributed by atoms with van der Waals surface area (Å²) in [7, 11) is 0. The molecule has 19 heteroatoms. The van der Waals surface area contributed by atoms with Gasteiger partial charge in [-0.05, 0) is 57.8 Å². The van der Waals surface area contributed by atoms with E-state index in [0.717, 1.165) is 89.9 Å². The van der Waals surface area contributed by atoms with E-state index in [-0.39, 0.29) is 18.9 Å². The number of aliphatic hydroxyl groups excluding tert-OH is 11. The van der Waals surface area contributed by atoms with E-state index in [1.165, 1.54) is 109 Å². The number of unbranched alkanes of at least 4 members (excludes halogenated alkanes) is 25. The van der Waals surface area contributed by atoms with Gasteiger partial charge in [0, 0.05) is 6.42 Å². The maximum atomic E-state index is 13.4. The number of hydrogen-bond acceptors (Lipinski definition) is 18. The van der Waals surface area contributed by atoms with Crippen molar-refractivity contribution < 1.29 is 89.4 Å². The van der Waals surface area contributed by atoms with E-state index in [0.29, 0.717) is 12.8 Å². The zero-order valence-electron chi connectivity index (χ0n) is 53.2. The molecule has 3 rings (SSSR count). The molecule has 3 aliphatic heterocycles. The zero-order valence-corrected chi connectivity index (χ0v) is 53.2. The van der Waals surface area contributed by atoms with Crippen LogP contribution in [0.5, 0.6) is 0 Å². The summed E-state index contributed by atoms with van der Waals surface area (Å²) in [6.45, 7) is 1.68. The lowest BCUT2D eigenvalue weighted by Crippen LogP contribution is -2.66. The molecule has 0 saturated carbocycles. The van der Waals surface area contributed by atoms with E-state index in [4.69, 9.17) is 28.4 Å². The number of carbonyl (C=O) groups excluding carboxylic acids is 1. The van der Waals surface area contributed by atoms with Crippen molar-refractivity contribution in [3.05, 3.63) is 60.8 Å². The second kappa shape index (κ2) is 50.1. The molecule has 3 aliphatic rings. The molecule has 3 saturated heterocycles. The van der Waals surface area contributed by atoms with Gasteiger partial charge in [0.25, 0.3) is 0 Å². The molecule has 1 amide bonds. The lowest BCUT2D eigenvalue weighted by atomic mass is 9.96. The van der Waals surface area contributed by atoms with E-state index in [1.54, 1.807) is 0 Å². The van der Waals surface area contributed by atoms with Crippen molar-refractivity contribution in [3.8, 4) is 0 Å². The topological polar surface area (TPSA) is 307 Å². The Morgan fingerprint density at radius 1 is 0.425 bits per heavy atom. The lowest BCUT2D eigenvalue weighted by Gasteiger charge is -2.48. The van der Waals surface area contributed by atoms with E-state index in [1.807, 2.05) is 0 Å². The van der Waals surface area contributed by atoms with Crippen LogP contribution in [0.3, 0.4) is 0 Å². The lowest BCUT2D eigenvalue weighted by molar-refractivity contribution is -0.379. The third-order valence-corrected chi connectivity index (χ3v) is 16.9. The van der Waals surface area contributed by atoms with E-state index in [9.17, 15) is 61.0 Å². The molecule has 0 aromatic heterocycles. The molecular formula is C68H121NO18. The summed E-state index contributed by atoms with van der Waals surface area (Å²) in [5.74, 6) is -0.250. The molecule has 17 unspecified atom stereocenters. The van der Waals surface area contributed by atoms with Gasteiger partial charge in [-0.3, -0.25) is 4.79 Å². The monoisotopic (exact) mass is 1240 g/mol. The number of ether oxygens (including phenoxy) is 6. The highest BCUT2D eigenvalue weighted by Crippen LogP contribution is 2.33. The zero-order chi connectivity index (χ0) is 63.3. The molecule has 0 spiro atoms. The number of hydrogen-bond donors (Lipinski definition) is 12. The quantitative estimate of drug-likeness (QED) is 0.0201. The minimum atomic E-state index is -1.97. The van der Waals surface area contributed by atoms with Crippen LogP contribution >= 0.6 is 0 Å². The summed E-state index contributed by atoms with van der Waals surface area (Å²) in [4.78, 5) is 13.4. The number of rotatable bonds is 51. The van der Waals surface area contributed by atoms with Crippen LogP contribution in [0.15, 0.2) is 60.8 Å². The van der Waals surface area contributed by atoms with Crippen LogP contribution in [0.2, 0.25) is 0 Å². The highest BCUT2D eigenvalue weighted by Gasteiger charge is 2.53. The highest BCUT2D eigenvalue weighted by molar-refractivity contribution is 5.76. The number of nitrogens with one attached hydrogen (secondary N) is 1. The fraction of sp³-hybridized carbons (Fsp3) is 0.838. The molecule has 0 radical (unpaired) electrons. The molecular weight excluding hydrogens is 1120 g/mol. The molecule has 0 aromatic rings. The van der Waals surface area contributed by atoms with Crippen LogP contribution in [-0.2, 0) is 33.2 Å². The fourth-order valence-corrected chi connectivity index (χ4v) is 11.3. The van der Waals surface area contributed by atoms with Crippen LogP contribution < -0.4 is 5.32 Å². The summed E-state index contributed by atoms with van der Waals surface area (Å²) < 4.78 is 34.4. The third kappa shape index (κ3) is 32.6. The molecule has 0 aromatic carbocycles. The molecule has 3 fully saturated rings. The van der Waals surface area contributed by atoms with Crippen LogP contribution in [-0.4, -0.2) is 193 Å². The first-order valence-electron chi connectivity index (χ1n) is 34.0. The average Bonchev–Trinajstić information content (AvgIpc) is 1.15. The second-order valence-corrected chi connectivity index (χ2v) is 24.3. The number of amides is 1. The van der Waals surface area contributed by atoms with Gasteiger partial charge in [-0.15, -0.1) is 0 Å². The second-order valence-electron chi connectivity index (χ2n) is 24.3. The highest BCUT2D eigenvalue weighted by atomic mass is 16.8. The first-order chi connectivity index (χ1) is 42.3. The Kier molecular flexibility index (Phi) is 45.3. The molecule has 0 aliphatic carbocycles. The van der Waals surface area contributed by atoms with Gasteiger partial charge >= 0.3 is 0 Å². The predicted octanol–water partition coefficient (Wildman–Crippen LogP) is 8.38. The van der Waals surface area contributed by atoms with Crippen molar-refractivity contribution in [3.63, 3.8) is 0 Å². The number of aliphatic hydroxyl groups is 11. The Balaban J connectivity index is 1.44. The molecule has 0 bridgehead atoms. The van der Waals surface area contributed by atoms with E-state index < -0.39 is 124 Å². The number of allylic oxidation sites excluding steroid dienone is 10. The average molecular weight is 1240 g/mol. The minimum Gasteiger partial charge on any atom is -0.394 e. The summed E-state index contributed by atoms with van der Waals surface area (Å²) in [6.07, 6.45) is 32.9. The van der Waals surface area contributed by atoms with E-state index >= 15 is 0 Å². The molecule has 17 atom stereocenters. The Bertz CT molecular complexity index is 1820. The van der Waals surface area contributed by atoms with Crippen LogP contribution in [0.4, 0.5) is 0 Å². The fourth-order valence-electron chi connectivity index (χ4n) is 11.3.